The Morgan fingerprint density at radius 2 is 2.22 bits per heavy atom. The van der Waals surface area contributed by atoms with E-state index in [1.807, 2.05) is 0 Å². The number of carboxylic acid groups (broad SMARTS) is 1. The van der Waals surface area contributed by atoms with E-state index >= 15 is 0 Å². The van der Waals surface area contributed by atoms with Gasteiger partial charge in [-0.3, -0.25) is 4.79 Å². The van der Waals surface area contributed by atoms with Crippen molar-refractivity contribution < 1.29 is 14.7 Å². The average Bonchev–Trinajstić information content (AvgIpc) is 2.72. The lowest BCUT2D eigenvalue weighted by molar-refractivity contribution is -0.143. The van der Waals surface area contributed by atoms with E-state index in [0.717, 1.165) is 0 Å². The summed E-state index contributed by atoms with van der Waals surface area (Å²) in [5.74, 6) is -1.68. The summed E-state index contributed by atoms with van der Waals surface area (Å²) in [6, 6.07) is -0.907. The van der Waals surface area contributed by atoms with E-state index in [0.29, 0.717) is 5.69 Å². The van der Waals surface area contributed by atoms with Gasteiger partial charge in [0.15, 0.2) is 0 Å². The zero-order valence-corrected chi connectivity index (χ0v) is 10.3. The Bertz CT molecular complexity index is 429. The normalized spacial score (nSPS) is 12.4. The van der Waals surface area contributed by atoms with Crippen LogP contribution in [-0.2, 0) is 22.7 Å². The predicted molar refractivity (Wildman–Crippen MR) is 62.3 cm³/mol. The van der Waals surface area contributed by atoms with Crippen LogP contribution in [0.5, 0.6) is 0 Å². The summed E-state index contributed by atoms with van der Waals surface area (Å²) < 4.78 is 1.32. The van der Waals surface area contributed by atoms with Crippen molar-refractivity contribution in [2.45, 2.75) is 33.0 Å². The van der Waals surface area contributed by atoms with E-state index in [1.165, 1.54) is 4.68 Å². The molecular weight excluding hydrogens is 238 g/mol. The Labute approximate surface area is 104 Å². The van der Waals surface area contributed by atoms with Crippen LogP contribution >= 0.6 is 0 Å². The minimum atomic E-state index is -1.06. The van der Waals surface area contributed by atoms with Crippen LogP contribution < -0.4 is 11.1 Å². The molecule has 0 aliphatic heterocycles. The largest absolute Gasteiger partial charge is 0.480 e. The minimum absolute atomic E-state index is 0.0799. The molecule has 1 aromatic rings. The van der Waals surface area contributed by atoms with Gasteiger partial charge in [-0.15, -0.1) is 5.10 Å². The second-order valence-corrected chi connectivity index (χ2v) is 4.24. The molecule has 8 heteroatoms. The maximum atomic E-state index is 11.6. The first-order valence-electron chi connectivity index (χ1n) is 5.55. The average molecular weight is 255 g/mol. The number of carbonyl (C=O) groups excluding carboxylic acids is 1. The van der Waals surface area contributed by atoms with Gasteiger partial charge in [-0.1, -0.05) is 19.1 Å². The van der Waals surface area contributed by atoms with Gasteiger partial charge in [0.1, 0.15) is 12.6 Å². The second-order valence-electron chi connectivity index (χ2n) is 4.24. The molecule has 0 aliphatic rings. The molecule has 1 aromatic heterocycles. The number of nitrogens with one attached hydrogen (secondary N) is 1. The van der Waals surface area contributed by atoms with E-state index in [-0.39, 0.29) is 19.0 Å². The molecule has 0 spiro atoms. The Morgan fingerprint density at radius 3 is 2.67 bits per heavy atom. The van der Waals surface area contributed by atoms with E-state index in [4.69, 9.17) is 10.8 Å². The van der Waals surface area contributed by atoms with E-state index in [9.17, 15) is 9.59 Å². The standard InChI is InChI=1S/C10H17N5O3/c1-6(2)9(10(17)18)12-8(16)5-15-4-7(3-11)13-14-15/h4,6,9H,3,5,11H2,1-2H3,(H,12,16)(H,17,18)/t9-/m0/s1. The number of hydrogen-bond acceptors (Lipinski definition) is 5. The number of nitrogens with two attached hydrogens (primary N) is 1. The fourth-order valence-corrected chi connectivity index (χ4v) is 1.39. The molecule has 0 unspecified atom stereocenters. The number of aromatic nitrogens is 3. The number of hydrogen-bond donors (Lipinski definition) is 3. The lowest BCUT2D eigenvalue weighted by Gasteiger charge is -2.17. The summed E-state index contributed by atoms with van der Waals surface area (Å²) in [5.41, 5.74) is 5.93. The van der Waals surface area contributed by atoms with Crippen molar-refractivity contribution in [2.75, 3.05) is 0 Å². The highest BCUT2D eigenvalue weighted by Crippen LogP contribution is 2.01. The number of amides is 1. The summed E-state index contributed by atoms with van der Waals surface area (Å²) in [4.78, 5) is 22.5. The van der Waals surface area contributed by atoms with Crippen molar-refractivity contribution in [2.24, 2.45) is 11.7 Å². The molecule has 100 valence electrons. The van der Waals surface area contributed by atoms with Crippen molar-refractivity contribution in [3.05, 3.63) is 11.9 Å². The molecule has 0 bridgehead atoms. The zero-order valence-electron chi connectivity index (χ0n) is 10.3. The Hall–Kier alpha value is -1.96. The number of aliphatic carboxylic acids is 1. The maximum absolute atomic E-state index is 11.6. The number of nitrogens with zero attached hydrogens (tertiary/aromatic N) is 3. The van der Waals surface area contributed by atoms with Crippen LogP contribution in [0.2, 0.25) is 0 Å². The molecule has 0 saturated heterocycles. The van der Waals surface area contributed by atoms with Gasteiger partial charge < -0.3 is 16.2 Å². The number of carbonyl (C=O) groups is 2. The Balaban J connectivity index is 2.57. The minimum Gasteiger partial charge on any atom is -0.480 e. The molecule has 0 saturated carbocycles. The molecule has 0 radical (unpaired) electrons. The third-order valence-electron chi connectivity index (χ3n) is 2.35. The third kappa shape index (κ3) is 3.81. The smallest absolute Gasteiger partial charge is 0.326 e. The molecule has 0 fully saturated rings. The predicted octanol–water partition coefficient (Wildman–Crippen LogP) is -1.04. The topological polar surface area (TPSA) is 123 Å². The van der Waals surface area contributed by atoms with Crippen LogP contribution in [0.15, 0.2) is 6.20 Å². The molecule has 4 N–H and O–H groups in total. The maximum Gasteiger partial charge on any atom is 0.326 e. The van der Waals surface area contributed by atoms with Crippen molar-refractivity contribution in [1.82, 2.24) is 20.3 Å². The summed E-state index contributed by atoms with van der Waals surface area (Å²) in [7, 11) is 0. The van der Waals surface area contributed by atoms with Gasteiger partial charge in [-0.2, -0.15) is 0 Å². The van der Waals surface area contributed by atoms with Crippen LogP contribution in [0.25, 0.3) is 0 Å². The highest BCUT2D eigenvalue weighted by atomic mass is 16.4. The number of rotatable bonds is 6. The van der Waals surface area contributed by atoms with Crippen molar-refractivity contribution in [3.8, 4) is 0 Å². The summed E-state index contributed by atoms with van der Waals surface area (Å²) in [6.07, 6.45) is 1.55. The van der Waals surface area contributed by atoms with Crippen LogP contribution in [0.4, 0.5) is 0 Å². The fourth-order valence-electron chi connectivity index (χ4n) is 1.39. The third-order valence-corrected chi connectivity index (χ3v) is 2.35. The Kier molecular flexibility index (Phi) is 4.78. The van der Waals surface area contributed by atoms with E-state index in [2.05, 4.69) is 15.6 Å². The van der Waals surface area contributed by atoms with Crippen LogP contribution in [0, 0.1) is 5.92 Å². The molecular formula is C10H17N5O3. The lowest BCUT2D eigenvalue weighted by atomic mass is 10.1. The molecule has 18 heavy (non-hydrogen) atoms. The van der Waals surface area contributed by atoms with Gasteiger partial charge in [0, 0.05) is 6.54 Å². The lowest BCUT2D eigenvalue weighted by Crippen LogP contribution is -2.45. The molecule has 8 nitrogen and oxygen atoms in total. The van der Waals surface area contributed by atoms with Gasteiger partial charge in [-0.05, 0) is 5.92 Å². The number of carboxylic acids is 1. The van der Waals surface area contributed by atoms with E-state index < -0.39 is 17.9 Å². The van der Waals surface area contributed by atoms with Gasteiger partial charge in [0.25, 0.3) is 0 Å². The van der Waals surface area contributed by atoms with Crippen LogP contribution in [0.1, 0.15) is 19.5 Å². The summed E-state index contributed by atoms with van der Waals surface area (Å²) in [5, 5.41) is 18.8. The molecule has 1 atom stereocenters. The molecule has 0 aromatic carbocycles. The van der Waals surface area contributed by atoms with Gasteiger partial charge in [0.05, 0.1) is 11.9 Å². The Morgan fingerprint density at radius 1 is 1.56 bits per heavy atom. The highest BCUT2D eigenvalue weighted by molar-refractivity contribution is 5.83. The second kappa shape index (κ2) is 6.10. The van der Waals surface area contributed by atoms with Gasteiger partial charge in [0.2, 0.25) is 5.91 Å². The molecule has 1 amide bonds. The zero-order chi connectivity index (χ0) is 13.7. The van der Waals surface area contributed by atoms with Crippen molar-refractivity contribution in [1.29, 1.82) is 0 Å². The first-order chi connectivity index (χ1) is 8.43. The summed E-state index contributed by atoms with van der Waals surface area (Å²) >= 11 is 0. The SMILES string of the molecule is CC(C)[C@H](NC(=O)Cn1cc(CN)nn1)C(=O)O. The summed E-state index contributed by atoms with van der Waals surface area (Å²) in [6.45, 7) is 3.61. The van der Waals surface area contributed by atoms with Gasteiger partial charge in [-0.25, -0.2) is 9.48 Å². The first-order valence-corrected chi connectivity index (χ1v) is 5.55. The first kappa shape index (κ1) is 14.1. The highest BCUT2D eigenvalue weighted by Gasteiger charge is 2.23. The fraction of sp³-hybridized carbons (Fsp3) is 0.600. The van der Waals surface area contributed by atoms with Crippen molar-refractivity contribution in [3.63, 3.8) is 0 Å². The van der Waals surface area contributed by atoms with Crippen molar-refractivity contribution >= 4 is 11.9 Å². The van der Waals surface area contributed by atoms with Crippen LogP contribution in [0.3, 0.4) is 0 Å². The molecule has 1 heterocycles. The monoisotopic (exact) mass is 255 g/mol. The van der Waals surface area contributed by atoms with Crippen LogP contribution in [-0.4, -0.2) is 38.0 Å². The molecule has 0 aliphatic carbocycles. The van der Waals surface area contributed by atoms with Gasteiger partial charge >= 0.3 is 5.97 Å². The van der Waals surface area contributed by atoms with E-state index in [1.54, 1.807) is 20.0 Å². The molecule has 1 rings (SSSR count). The quantitative estimate of drug-likeness (QED) is 0.596.